The molecule has 0 atom stereocenters. The Morgan fingerprint density at radius 2 is 2.11 bits per heavy atom. The average molecular weight is 261 g/mol. The average Bonchev–Trinajstić information content (AvgIpc) is 2.45. The fourth-order valence-corrected chi connectivity index (χ4v) is 2.18. The number of carbonyl (C=O) groups excluding carboxylic acids is 1. The van der Waals surface area contributed by atoms with Gasteiger partial charge in [-0.2, -0.15) is 0 Å². The van der Waals surface area contributed by atoms with Gasteiger partial charge in [0.15, 0.2) is 0 Å². The van der Waals surface area contributed by atoms with Gasteiger partial charge in [0.1, 0.15) is 5.76 Å². The van der Waals surface area contributed by atoms with Gasteiger partial charge < -0.3 is 15.2 Å². The molecule has 1 aromatic carbocycles. The van der Waals surface area contributed by atoms with Gasteiger partial charge in [0.2, 0.25) is 0 Å². The minimum Gasteiger partial charge on any atom is -0.498 e. The first-order valence-electron chi connectivity index (χ1n) is 6.50. The van der Waals surface area contributed by atoms with E-state index < -0.39 is 0 Å². The number of ether oxygens (including phenoxy) is 1. The van der Waals surface area contributed by atoms with Gasteiger partial charge in [-0.15, -0.1) is 0 Å². The third kappa shape index (κ3) is 3.35. The highest BCUT2D eigenvalue weighted by Crippen LogP contribution is 2.19. The number of hydrogen-bond donors (Lipinski definition) is 2. The van der Waals surface area contributed by atoms with E-state index in [0.717, 1.165) is 35.3 Å². The van der Waals surface area contributed by atoms with Crippen LogP contribution in [-0.4, -0.2) is 17.6 Å². The minimum atomic E-state index is -0.0788. The molecule has 1 heterocycles. The molecule has 1 amide bonds. The predicted octanol–water partition coefficient (Wildman–Crippen LogP) is 1.88. The second-order valence-electron chi connectivity index (χ2n) is 4.60. The number of allylic oxidation sites excluding steroid dienone is 1. The molecular formula is C15H19NO3. The smallest absolute Gasteiger partial charge is 0.250 e. The van der Waals surface area contributed by atoms with Crippen LogP contribution in [0.5, 0.6) is 0 Å². The van der Waals surface area contributed by atoms with E-state index in [1.54, 1.807) is 0 Å². The van der Waals surface area contributed by atoms with Crippen molar-refractivity contribution in [3.63, 3.8) is 0 Å². The van der Waals surface area contributed by atoms with Crippen LogP contribution in [0.25, 0.3) is 0 Å². The molecular weight excluding hydrogens is 242 g/mol. The van der Waals surface area contributed by atoms with Crippen LogP contribution >= 0.6 is 0 Å². The Morgan fingerprint density at radius 3 is 2.79 bits per heavy atom. The zero-order valence-corrected chi connectivity index (χ0v) is 11.1. The molecule has 0 saturated heterocycles. The molecule has 4 nitrogen and oxygen atoms in total. The number of aliphatic hydroxyl groups is 1. The van der Waals surface area contributed by atoms with Gasteiger partial charge in [0, 0.05) is 6.54 Å². The monoisotopic (exact) mass is 261 g/mol. The van der Waals surface area contributed by atoms with Crippen molar-refractivity contribution in [2.24, 2.45) is 0 Å². The Morgan fingerprint density at radius 1 is 1.37 bits per heavy atom. The summed E-state index contributed by atoms with van der Waals surface area (Å²) in [6.45, 7) is 2.93. The zero-order valence-electron chi connectivity index (χ0n) is 11.1. The third-order valence-corrected chi connectivity index (χ3v) is 3.32. The highest BCUT2D eigenvalue weighted by Gasteiger charge is 2.17. The number of aliphatic hydroxyl groups excluding tert-OH is 1. The largest absolute Gasteiger partial charge is 0.498 e. The second-order valence-corrected chi connectivity index (χ2v) is 4.60. The summed E-state index contributed by atoms with van der Waals surface area (Å²) in [5.41, 5.74) is 2.51. The van der Waals surface area contributed by atoms with Gasteiger partial charge in [-0.1, -0.05) is 24.3 Å². The van der Waals surface area contributed by atoms with E-state index in [-0.39, 0.29) is 12.5 Å². The number of nitrogens with one attached hydrogen (secondary N) is 1. The number of carbonyl (C=O) groups is 1. The SMILES string of the molecule is CC1=C(C(=O)NCc2ccccc2CO)CCCO1. The summed E-state index contributed by atoms with van der Waals surface area (Å²) >= 11 is 0. The lowest BCUT2D eigenvalue weighted by Gasteiger charge is -2.18. The van der Waals surface area contributed by atoms with Crippen LogP contribution in [0.1, 0.15) is 30.9 Å². The Kier molecular flexibility index (Phi) is 4.58. The molecule has 0 saturated carbocycles. The summed E-state index contributed by atoms with van der Waals surface area (Å²) in [6, 6.07) is 7.54. The van der Waals surface area contributed by atoms with Crippen molar-refractivity contribution in [2.75, 3.05) is 6.61 Å². The molecule has 0 unspecified atom stereocenters. The van der Waals surface area contributed by atoms with Crippen molar-refractivity contribution >= 4 is 5.91 Å². The molecule has 1 aliphatic rings. The second kappa shape index (κ2) is 6.38. The van der Waals surface area contributed by atoms with Crippen molar-refractivity contribution in [1.29, 1.82) is 0 Å². The Bertz CT molecular complexity index is 494. The molecule has 0 fully saturated rings. The maximum atomic E-state index is 12.1. The normalized spacial score (nSPS) is 15.1. The fourth-order valence-electron chi connectivity index (χ4n) is 2.18. The lowest BCUT2D eigenvalue weighted by atomic mass is 10.1. The molecule has 0 radical (unpaired) electrons. The summed E-state index contributed by atoms with van der Waals surface area (Å²) in [7, 11) is 0. The van der Waals surface area contributed by atoms with E-state index >= 15 is 0 Å². The molecule has 2 rings (SSSR count). The van der Waals surface area contributed by atoms with Crippen LogP contribution in [0.2, 0.25) is 0 Å². The fraction of sp³-hybridized carbons (Fsp3) is 0.400. The first-order chi connectivity index (χ1) is 9.22. The summed E-state index contributed by atoms with van der Waals surface area (Å²) in [5, 5.41) is 12.1. The summed E-state index contributed by atoms with van der Waals surface area (Å²) in [5.74, 6) is 0.643. The van der Waals surface area contributed by atoms with Gasteiger partial charge in [0.05, 0.1) is 18.8 Å². The van der Waals surface area contributed by atoms with Crippen LogP contribution in [0.4, 0.5) is 0 Å². The Balaban J connectivity index is 2.00. The highest BCUT2D eigenvalue weighted by molar-refractivity contribution is 5.93. The number of amides is 1. The van der Waals surface area contributed by atoms with E-state index in [0.29, 0.717) is 13.2 Å². The van der Waals surface area contributed by atoms with E-state index in [9.17, 15) is 9.90 Å². The minimum absolute atomic E-state index is 0.0170. The predicted molar refractivity (Wildman–Crippen MR) is 72.1 cm³/mol. The molecule has 1 aromatic rings. The molecule has 0 aliphatic carbocycles. The maximum absolute atomic E-state index is 12.1. The van der Waals surface area contributed by atoms with Crippen molar-refractivity contribution in [1.82, 2.24) is 5.32 Å². The van der Waals surface area contributed by atoms with Gasteiger partial charge in [-0.25, -0.2) is 0 Å². The summed E-state index contributed by atoms with van der Waals surface area (Å²) in [4.78, 5) is 12.1. The van der Waals surface area contributed by atoms with E-state index in [2.05, 4.69) is 5.32 Å². The number of rotatable bonds is 4. The maximum Gasteiger partial charge on any atom is 0.250 e. The molecule has 0 spiro atoms. The van der Waals surface area contributed by atoms with E-state index in [1.807, 2.05) is 31.2 Å². The molecule has 0 bridgehead atoms. The number of hydrogen-bond acceptors (Lipinski definition) is 3. The molecule has 19 heavy (non-hydrogen) atoms. The van der Waals surface area contributed by atoms with Crippen LogP contribution < -0.4 is 5.32 Å². The van der Waals surface area contributed by atoms with Gasteiger partial charge in [-0.05, 0) is 30.9 Å². The lowest BCUT2D eigenvalue weighted by Crippen LogP contribution is -2.27. The molecule has 0 aromatic heterocycles. The zero-order chi connectivity index (χ0) is 13.7. The third-order valence-electron chi connectivity index (χ3n) is 3.32. The van der Waals surface area contributed by atoms with E-state index in [1.165, 1.54) is 0 Å². The van der Waals surface area contributed by atoms with Gasteiger partial charge >= 0.3 is 0 Å². The summed E-state index contributed by atoms with van der Waals surface area (Å²) < 4.78 is 5.39. The van der Waals surface area contributed by atoms with Crippen LogP contribution in [-0.2, 0) is 22.7 Å². The van der Waals surface area contributed by atoms with Gasteiger partial charge in [-0.3, -0.25) is 4.79 Å². The Hall–Kier alpha value is -1.81. The van der Waals surface area contributed by atoms with E-state index in [4.69, 9.17) is 4.74 Å². The first-order valence-corrected chi connectivity index (χ1v) is 6.50. The Labute approximate surface area is 113 Å². The van der Waals surface area contributed by atoms with Crippen molar-refractivity contribution in [2.45, 2.75) is 32.9 Å². The molecule has 4 heteroatoms. The first kappa shape index (κ1) is 13.6. The standard InChI is InChI=1S/C15H19NO3/c1-11-14(7-4-8-19-11)15(18)16-9-12-5-2-3-6-13(12)10-17/h2-3,5-6,17H,4,7-10H2,1H3,(H,16,18). The van der Waals surface area contributed by atoms with Crippen molar-refractivity contribution in [3.05, 3.63) is 46.7 Å². The molecule has 1 aliphatic heterocycles. The molecule has 2 N–H and O–H groups in total. The van der Waals surface area contributed by atoms with Crippen LogP contribution in [0, 0.1) is 0 Å². The number of benzene rings is 1. The van der Waals surface area contributed by atoms with Crippen LogP contribution in [0.15, 0.2) is 35.6 Å². The topological polar surface area (TPSA) is 58.6 Å². The van der Waals surface area contributed by atoms with Crippen molar-refractivity contribution in [3.8, 4) is 0 Å². The van der Waals surface area contributed by atoms with Gasteiger partial charge in [0.25, 0.3) is 5.91 Å². The highest BCUT2D eigenvalue weighted by atomic mass is 16.5. The molecule has 102 valence electrons. The lowest BCUT2D eigenvalue weighted by molar-refractivity contribution is -0.118. The van der Waals surface area contributed by atoms with Crippen molar-refractivity contribution < 1.29 is 14.6 Å². The quantitative estimate of drug-likeness (QED) is 0.870. The summed E-state index contributed by atoms with van der Waals surface area (Å²) in [6.07, 6.45) is 1.65. The van der Waals surface area contributed by atoms with Crippen LogP contribution in [0.3, 0.4) is 0 Å².